The molecule has 210 valence electrons. The Kier molecular flexibility index (Phi) is 10.00. The maximum atomic E-state index is 7.01. The summed E-state index contributed by atoms with van der Waals surface area (Å²) in [5.74, 6) is 2.59. The normalized spacial score (nSPS) is 21.3. The lowest BCUT2D eigenvalue weighted by molar-refractivity contribution is 0.291. The first-order valence-corrected chi connectivity index (χ1v) is 17.8. The number of aryl methyl sites for hydroxylation is 2. The zero-order valence-electron chi connectivity index (χ0n) is 25.6. The monoisotopic (exact) mass is 560 g/mol. The third kappa shape index (κ3) is 6.02. The molecule has 0 amide bonds. The van der Waals surface area contributed by atoms with Crippen molar-refractivity contribution < 1.29 is 4.74 Å². The lowest BCUT2D eigenvalue weighted by Crippen LogP contribution is -2.26. The number of ether oxygens (including phenoxy) is 1. The fourth-order valence-electron chi connectivity index (χ4n) is 6.91. The summed E-state index contributed by atoms with van der Waals surface area (Å²) >= 11 is 0. The molecule has 39 heavy (non-hydrogen) atoms. The molecule has 1 nitrogen and oxygen atoms in total. The van der Waals surface area contributed by atoms with Crippen LogP contribution in [0.4, 0.5) is 0 Å². The first-order valence-electron chi connectivity index (χ1n) is 15.1. The second-order valence-corrected chi connectivity index (χ2v) is 14.8. The summed E-state index contributed by atoms with van der Waals surface area (Å²) in [6, 6.07) is 22.6. The van der Waals surface area contributed by atoms with Gasteiger partial charge < -0.3 is 4.74 Å². The molecule has 1 aliphatic carbocycles. The largest absolute Gasteiger partial charge is 0.488 e. The second-order valence-electron chi connectivity index (χ2n) is 12.0. The van der Waals surface area contributed by atoms with Crippen LogP contribution in [0.3, 0.4) is 0 Å². The Morgan fingerprint density at radius 3 is 2.31 bits per heavy atom. The fourth-order valence-corrected chi connectivity index (χ4v) is 9.53. The first-order chi connectivity index (χ1) is 18.7. The highest BCUT2D eigenvalue weighted by molar-refractivity contribution is 7.49. The molecular weight excluding hydrogens is 510 g/mol. The number of benzene rings is 3. The molecule has 4 rings (SSSR count). The van der Waals surface area contributed by atoms with E-state index in [2.05, 4.69) is 116 Å². The van der Waals surface area contributed by atoms with Crippen LogP contribution in [0, 0.1) is 25.7 Å². The zero-order chi connectivity index (χ0) is 28.2. The van der Waals surface area contributed by atoms with Crippen LogP contribution in [-0.4, -0.2) is 6.66 Å². The van der Waals surface area contributed by atoms with Crippen LogP contribution in [0.5, 0.6) is 5.75 Å². The molecule has 1 saturated carbocycles. The third-order valence-corrected chi connectivity index (χ3v) is 12.8. The average molecular weight is 561 g/mol. The van der Waals surface area contributed by atoms with Gasteiger partial charge in [0.25, 0.3) is 0 Å². The van der Waals surface area contributed by atoms with Crippen molar-refractivity contribution in [1.29, 1.82) is 0 Å². The van der Waals surface area contributed by atoms with Gasteiger partial charge in [0.1, 0.15) is 12.4 Å². The Morgan fingerprint density at radius 2 is 1.67 bits per heavy atom. The van der Waals surface area contributed by atoms with E-state index in [-0.39, 0.29) is 10.6 Å². The molecule has 0 spiro atoms. The molecule has 0 radical (unpaired) electrons. The van der Waals surface area contributed by atoms with Crippen LogP contribution in [0.1, 0.15) is 93.7 Å². The van der Waals surface area contributed by atoms with Crippen LogP contribution in [0.25, 0.3) is 0 Å². The van der Waals surface area contributed by atoms with Crippen LogP contribution in [0.2, 0.25) is 0 Å². The summed E-state index contributed by atoms with van der Waals surface area (Å²) < 4.78 is 7.01. The number of hydrogen-bond acceptors (Lipinski definition) is 1. The topological polar surface area (TPSA) is 9.23 Å². The molecule has 0 bridgehead atoms. The molecule has 3 aromatic rings. The van der Waals surface area contributed by atoms with E-state index < -0.39 is 0 Å². The van der Waals surface area contributed by atoms with Gasteiger partial charge in [-0.1, -0.05) is 116 Å². The van der Waals surface area contributed by atoms with Gasteiger partial charge in [-0.25, -0.2) is 0 Å². The van der Waals surface area contributed by atoms with Crippen molar-refractivity contribution in [2.75, 3.05) is 6.66 Å². The predicted molar refractivity (Wildman–Crippen MR) is 176 cm³/mol. The Bertz CT molecular complexity index is 1250. The highest BCUT2D eigenvalue weighted by Crippen LogP contribution is 2.65. The molecule has 0 N–H and O–H groups in total. The van der Waals surface area contributed by atoms with E-state index in [9.17, 15) is 0 Å². The summed E-state index contributed by atoms with van der Waals surface area (Å²) in [6.07, 6.45) is 5.93. The van der Waals surface area contributed by atoms with E-state index in [4.69, 9.17) is 4.74 Å². The molecule has 0 saturated heterocycles. The summed E-state index contributed by atoms with van der Waals surface area (Å²) in [5.41, 5.74) is 8.68. The van der Waals surface area contributed by atoms with E-state index in [0.717, 1.165) is 35.9 Å². The minimum Gasteiger partial charge on any atom is -0.488 e. The Hall–Kier alpha value is -1.68. The zero-order valence-corrected chi connectivity index (χ0v) is 27.6. The van der Waals surface area contributed by atoms with Gasteiger partial charge in [-0.15, -0.1) is 8.58 Å². The number of rotatable bonds is 13. The van der Waals surface area contributed by atoms with Crippen molar-refractivity contribution in [2.45, 2.75) is 97.5 Å². The van der Waals surface area contributed by atoms with Gasteiger partial charge in [-0.3, -0.25) is 0 Å². The highest BCUT2D eigenvalue weighted by atomic mass is 31.1. The molecule has 3 aromatic carbocycles. The van der Waals surface area contributed by atoms with Gasteiger partial charge in [0.2, 0.25) is 0 Å². The van der Waals surface area contributed by atoms with Crippen LogP contribution < -0.4 is 10.0 Å². The van der Waals surface area contributed by atoms with Crippen LogP contribution in [-0.2, 0) is 23.3 Å². The molecule has 0 heterocycles. The molecule has 1 fully saturated rings. The fraction of sp³-hybridized carbons (Fsp3) is 0.500. The van der Waals surface area contributed by atoms with Crippen molar-refractivity contribution in [3.63, 3.8) is 0 Å². The van der Waals surface area contributed by atoms with Gasteiger partial charge in [-0.05, 0) is 79.8 Å². The standard InChI is InChI=1S/C36H50OP2/c1-9-16-30-27(6)35(30,7)31-21-25(4)22-32(33(31)37-23-28-18-13-12-14-19-28)36(10-2,11-3)39-34-26(5)17-15-20-29(34)24-38-8/h12-15,17-22,27,30,38-39H,9-11,16,23-24H2,1-8H3. The minimum absolute atomic E-state index is 0.0548. The first kappa shape index (κ1) is 30.3. The third-order valence-electron chi connectivity index (χ3n) is 9.66. The van der Waals surface area contributed by atoms with Crippen molar-refractivity contribution in [3.05, 3.63) is 94.0 Å². The van der Waals surface area contributed by atoms with E-state index in [1.54, 1.807) is 10.9 Å². The minimum atomic E-state index is 0.0548. The summed E-state index contributed by atoms with van der Waals surface area (Å²) in [5, 5.41) is 1.64. The lowest BCUT2D eigenvalue weighted by Gasteiger charge is -2.37. The molecule has 0 aromatic heterocycles. The Balaban J connectivity index is 1.89. The molecule has 0 aliphatic heterocycles. The molecule has 1 aliphatic rings. The van der Waals surface area contributed by atoms with Gasteiger partial charge in [0.05, 0.1) is 0 Å². The maximum absolute atomic E-state index is 7.01. The lowest BCUT2D eigenvalue weighted by atomic mass is 9.83. The highest BCUT2D eigenvalue weighted by Gasteiger charge is 2.59. The van der Waals surface area contributed by atoms with E-state index in [1.807, 2.05) is 0 Å². The SMILES string of the molecule is CCCC1C(C)C1(C)c1cc(C)cc(C(CC)(CC)Pc2c(C)cccc2CPC)c1OCc1ccccc1. The summed E-state index contributed by atoms with van der Waals surface area (Å²) in [6.45, 7) is 19.7. The Morgan fingerprint density at radius 1 is 0.949 bits per heavy atom. The van der Waals surface area contributed by atoms with E-state index in [1.165, 1.54) is 52.6 Å². The van der Waals surface area contributed by atoms with Gasteiger partial charge in [0.15, 0.2) is 0 Å². The molecule has 5 atom stereocenters. The summed E-state index contributed by atoms with van der Waals surface area (Å²) in [7, 11) is 1.66. The van der Waals surface area contributed by atoms with Gasteiger partial charge in [0, 0.05) is 21.7 Å². The van der Waals surface area contributed by atoms with Crippen molar-refractivity contribution in [3.8, 4) is 5.75 Å². The smallest absolute Gasteiger partial charge is 0.127 e. The van der Waals surface area contributed by atoms with Crippen molar-refractivity contribution >= 4 is 22.5 Å². The summed E-state index contributed by atoms with van der Waals surface area (Å²) in [4.78, 5) is 0. The second kappa shape index (κ2) is 12.9. The van der Waals surface area contributed by atoms with E-state index in [0.29, 0.717) is 12.5 Å². The average Bonchev–Trinajstić information content (AvgIpc) is 3.47. The van der Waals surface area contributed by atoms with Crippen LogP contribution >= 0.6 is 17.2 Å². The molecular formula is C36H50OP2. The van der Waals surface area contributed by atoms with Crippen molar-refractivity contribution in [1.82, 2.24) is 0 Å². The van der Waals surface area contributed by atoms with Gasteiger partial charge >= 0.3 is 0 Å². The van der Waals surface area contributed by atoms with Crippen LogP contribution in [0.15, 0.2) is 60.7 Å². The predicted octanol–water partition coefficient (Wildman–Crippen LogP) is 10.0. The Labute approximate surface area is 242 Å². The van der Waals surface area contributed by atoms with E-state index >= 15 is 0 Å². The van der Waals surface area contributed by atoms with Crippen molar-refractivity contribution in [2.24, 2.45) is 11.8 Å². The molecule has 5 unspecified atom stereocenters. The maximum Gasteiger partial charge on any atom is 0.127 e. The van der Waals surface area contributed by atoms with Gasteiger partial charge in [-0.2, -0.15) is 0 Å². The quantitative estimate of drug-likeness (QED) is 0.189. The molecule has 3 heteroatoms. The number of hydrogen-bond donors (Lipinski definition) is 0.